The lowest BCUT2D eigenvalue weighted by atomic mass is 10.1. The highest BCUT2D eigenvalue weighted by atomic mass is 19.4. The van der Waals surface area contributed by atoms with E-state index in [1.54, 1.807) is 0 Å². The molecule has 0 atom stereocenters. The summed E-state index contributed by atoms with van der Waals surface area (Å²) < 4.78 is 43.9. The van der Waals surface area contributed by atoms with E-state index in [1.807, 2.05) is 0 Å². The van der Waals surface area contributed by atoms with E-state index in [0.29, 0.717) is 0 Å². The van der Waals surface area contributed by atoms with E-state index >= 15 is 0 Å². The molecule has 30 heavy (non-hydrogen) atoms. The molecule has 3 aromatic rings. The van der Waals surface area contributed by atoms with E-state index in [1.165, 1.54) is 24.3 Å². The summed E-state index contributed by atoms with van der Waals surface area (Å²) in [5.41, 5.74) is 0.682. The molecule has 0 fully saturated rings. The van der Waals surface area contributed by atoms with Gasteiger partial charge in [0, 0.05) is 11.6 Å². The van der Waals surface area contributed by atoms with Crippen LogP contribution in [0.3, 0.4) is 0 Å². The van der Waals surface area contributed by atoms with Gasteiger partial charge in [0.1, 0.15) is 17.2 Å². The second-order valence-corrected chi connectivity index (χ2v) is 5.87. The number of halogens is 3. The normalized spacial score (nSPS) is 11.6. The summed E-state index contributed by atoms with van der Waals surface area (Å²) in [5, 5.41) is 25.6. The van der Waals surface area contributed by atoms with E-state index < -0.39 is 33.0 Å². The first-order chi connectivity index (χ1) is 14.1. The van der Waals surface area contributed by atoms with Gasteiger partial charge in [-0.2, -0.15) is 18.3 Å². The van der Waals surface area contributed by atoms with Gasteiger partial charge in [-0.3, -0.25) is 25.7 Å². The van der Waals surface area contributed by atoms with E-state index in [2.05, 4.69) is 10.5 Å². The second-order valence-electron chi connectivity index (χ2n) is 5.87. The number of nitrogens with zero attached hydrogens (tertiary/aromatic N) is 3. The standard InChI is InChI=1S/C18H11F3N4O5/c19-18(20,21)12-3-1-2-11(8-12)17-7-5-14(30-17)10-22-23-15-6-4-13(24(26)27)9-16(15)25(28)29/h1-10,23H/b22-10+. The van der Waals surface area contributed by atoms with Crippen molar-refractivity contribution in [1.29, 1.82) is 0 Å². The van der Waals surface area contributed by atoms with Crippen LogP contribution in [0.4, 0.5) is 30.2 Å². The first kappa shape index (κ1) is 20.5. The van der Waals surface area contributed by atoms with Gasteiger partial charge < -0.3 is 4.42 Å². The predicted octanol–water partition coefficient (Wildman–Crippen LogP) is 5.23. The maximum absolute atomic E-state index is 12.8. The van der Waals surface area contributed by atoms with Crippen molar-refractivity contribution in [3.63, 3.8) is 0 Å². The van der Waals surface area contributed by atoms with E-state index in [-0.39, 0.29) is 22.8 Å². The highest BCUT2D eigenvalue weighted by Gasteiger charge is 2.30. The largest absolute Gasteiger partial charge is 0.455 e. The van der Waals surface area contributed by atoms with Crippen LogP contribution in [0, 0.1) is 20.2 Å². The summed E-state index contributed by atoms with van der Waals surface area (Å²) in [6.45, 7) is 0. The first-order valence-corrected chi connectivity index (χ1v) is 8.14. The van der Waals surface area contributed by atoms with Gasteiger partial charge in [0.05, 0.1) is 27.7 Å². The summed E-state index contributed by atoms with van der Waals surface area (Å²) in [6.07, 6.45) is -3.33. The minimum absolute atomic E-state index is 0.0912. The highest BCUT2D eigenvalue weighted by molar-refractivity contribution is 5.78. The van der Waals surface area contributed by atoms with Crippen LogP contribution < -0.4 is 5.43 Å². The zero-order valence-corrected chi connectivity index (χ0v) is 14.8. The number of rotatable bonds is 6. The number of benzene rings is 2. The highest BCUT2D eigenvalue weighted by Crippen LogP contribution is 2.32. The number of nitrogens with one attached hydrogen (secondary N) is 1. The lowest BCUT2D eigenvalue weighted by molar-refractivity contribution is -0.393. The van der Waals surface area contributed by atoms with Gasteiger partial charge in [0.15, 0.2) is 0 Å². The Bertz CT molecular complexity index is 1140. The maximum atomic E-state index is 12.8. The molecule has 1 aromatic heterocycles. The number of hydrogen-bond donors (Lipinski definition) is 1. The number of hydrazone groups is 1. The molecule has 1 heterocycles. The van der Waals surface area contributed by atoms with Crippen molar-refractivity contribution in [2.75, 3.05) is 5.43 Å². The Morgan fingerprint density at radius 3 is 2.43 bits per heavy atom. The van der Waals surface area contributed by atoms with Gasteiger partial charge in [-0.25, -0.2) is 0 Å². The quantitative estimate of drug-likeness (QED) is 0.331. The Morgan fingerprint density at radius 2 is 1.77 bits per heavy atom. The number of nitro groups is 2. The van der Waals surface area contributed by atoms with Crippen LogP contribution in [0.15, 0.2) is 64.1 Å². The lowest BCUT2D eigenvalue weighted by Crippen LogP contribution is -2.04. The van der Waals surface area contributed by atoms with Crippen molar-refractivity contribution in [3.8, 4) is 11.3 Å². The molecule has 2 aromatic carbocycles. The van der Waals surface area contributed by atoms with E-state index in [4.69, 9.17) is 4.42 Å². The second kappa shape index (κ2) is 8.03. The SMILES string of the molecule is O=[N+]([O-])c1ccc(N/N=C/c2ccc(-c3cccc(C(F)(F)F)c3)o2)c([N+](=O)[O-])c1. The van der Waals surface area contributed by atoms with Crippen LogP contribution in [0.2, 0.25) is 0 Å². The number of alkyl halides is 3. The van der Waals surface area contributed by atoms with Gasteiger partial charge in [-0.15, -0.1) is 0 Å². The number of non-ortho nitro benzene ring substituents is 1. The van der Waals surface area contributed by atoms with Crippen molar-refractivity contribution >= 4 is 23.3 Å². The molecule has 9 nitrogen and oxygen atoms in total. The zero-order valence-electron chi connectivity index (χ0n) is 14.8. The van der Waals surface area contributed by atoms with Gasteiger partial charge in [0.2, 0.25) is 0 Å². The Kier molecular flexibility index (Phi) is 5.49. The average Bonchev–Trinajstić information content (AvgIpc) is 3.16. The molecule has 0 radical (unpaired) electrons. The Balaban J connectivity index is 1.77. The molecule has 1 N–H and O–H groups in total. The number of furan rings is 1. The number of anilines is 1. The fraction of sp³-hybridized carbons (Fsp3) is 0.0556. The van der Waals surface area contributed by atoms with Gasteiger partial charge in [-0.05, 0) is 30.3 Å². The average molecular weight is 420 g/mol. The number of nitro benzene ring substituents is 2. The minimum Gasteiger partial charge on any atom is -0.455 e. The molecular weight excluding hydrogens is 409 g/mol. The molecule has 154 valence electrons. The third-order valence-electron chi connectivity index (χ3n) is 3.87. The van der Waals surface area contributed by atoms with Crippen molar-refractivity contribution < 1.29 is 27.4 Å². The molecule has 0 amide bonds. The molecule has 0 unspecified atom stereocenters. The van der Waals surface area contributed by atoms with E-state index in [0.717, 1.165) is 36.5 Å². The van der Waals surface area contributed by atoms with Gasteiger partial charge in [0.25, 0.3) is 5.69 Å². The number of hydrogen-bond acceptors (Lipinski definition) is 7. The predicted molar refractivity (Wildman–Crippen MR) is 100 cm³/mol. The van der Waals surface area contributed by atoms with Crippen LogP contribution in [0.25, 0.3) is 11.3 Å². The van der Waals surface area contributed by atoms with Crippen LogP contribution in [-0.2, 0) is 6.18 Å². The third kappa shape index (κ3) is 4.60. The Morgan fingerprint density at radius 1 is 1.00 bits per heavy atom. The summed E-state index contributed by atoms with van der Waals surface area (Å²) >= 11 is 0. The Labute approximate surface area is 165 Å². The Hall–Kier alpha value is -4.22. The topological polar surface area (TPSA) is 124 Å². The van der Waals surface area contributed by atoms with Crippen molar-refractivity contribution in [2.24, 2.45) is 5.10 Å². The summed E-state index contributed by atoms with van der Waals surface area (Å²) in [6, 6.07) is 10.5. The van der Waals surface area contributed by atoms with Crippen LogP contribution in [-0.4, -0.2) is 16.1 Å². The smallest absolute Gasteiger partial charge is 0.416 e. The van der Waals surface area contributed by atoms with Gasteiger partial charge >= 0.3 is 11.9 Å². The molecule has 0 spiro atoms. The molecule has 12 heteroatoms. The monoisotopic (exact) mass is 420 g/mol. The van der Waals surface area contributed by atoms with Crippen molar-refractivity contribution in [2.45, 2.75) is 6.18 Å². The summed E-state index contributed by atoms with van der Waals surface area (Å²) in [4.78, 5) is 20.3. The summed E-state index contributed by atoms with van der Waals surface area (Å²) in [5.74, 6) is 0.336. The fourth-order valence-corrected chi connectivity index (χ4v) is 2.47. The van der Waals surface area contributed by atoms with E-state index in [9.17, 15) is 33.4 Å². The molecule has 3 rings (SSSR count). The van der Waals surface area contributed by atoms with Crippen molar-refractivity contribution in [1.82, 2.24) is 0 Å². The molecular formula is C18H11F3N4O5. The summed E-state index contributed by atoms with van der Waals surface area (Å²) in [7, 11) is 0. The molecule has 0 aliphatic heterocycles. The molecule has 0 aliphatic rings. The van der Waals surface area contributed by atoms with Gasteiger partial charge in [-0.1, -0.05) is 12.1 Å². The molecule has 0 saturated carbocycles. The zero-order chi connectivity index (χ0) is 21.9. The van der Waals surface area contributed by atoms with Crippen LogP contribution >= 0.6 is 0 Å². The molecule has 0 bridgehead atoms. The molecule has 0 aliphatic carbocycles. The van der Waals surface area contributed by atoms with Crippen LogP contribution in [0.1, 0.15) is 11.3 Å². The fourth-order valence-electron chi connectivity index (χ4n) is 2.47. The third-order valence-corrected chi connectivity index (χ3v) is 3.87. The first-order valence-electron chi connectivity index (χ1n) is 8.14. The lowest BCUT2D eigenvalue weighted by Gasteiger charge is -2.07. The minimum atomic E-state index is -4.49. The maximum Gasteiger partial charge on any atom is 0.416 e. The molecule has 0 saturated heterocycles. The van der Waals surface area contributed by atoms with Crippen LogP contribution in [0.5, 0.6) is 0 Å². The van der Waals surface area contributed by atoms with Crippen molar-refractivity contribution in [3.05, 3.63) is 86.1 Å².